The number of carbonyl (C=O) groups is 1. The summed E-state index contributed by atoms with van der Waals surface area (Å²) in [7, 11) is -2.84. The van der Waals surface area contributed by atoms with Crippen LogP contribution in [-0.2, 0) is 14.6 Å². The van der Waals surface area contributed by atoms with Crippen LogP contribution in [0.2, 0.25) is 0 Å². The van der Waals surface area contributed by atoms with Crippen molar-refractivity contribution < 1.29 is 13.2 Å². The fraction of sp³-hybridized carbons (Fsp3) is 0.938. The summed E-state index contributed by atoms with van der Waals surface area (Å²) in [6.07, 6.45) is 7.18. The van der Waals surface area contributed by atoms with Gasteiger partial charge in [-0.2, -0.15) is 0 Å². The maximum Gasteiger partial charge on any atom is 0.232 e. The smallest absolute Gasteiger partial charge is 0.232 e. The summed E-state index contributed by atoms with van der Waals surface area (Å²) in [6, 6.07) is 0.469. The van der Waals surface area contributed by atoms with Gasteiger partial charge < -0.3 is 4.90 Å². The molecule has 5 rings (SSSR count). The number of nitrogens with zero attached hydrogens (tertiary/aromatic N) is 1. The number of thioether (sulfide) groups is 1. The summed E-state index contributed by atoms with van der Waals surface area (Å²) in [5.74, 6) is 3.72. The van der Waals surface area contributed by atoms with Crippen molar-refractivity contribution in [1.82, 2.24) is 4.90 Å². The van der Waals surface area contributed by atoms with Crippen molar-refractivity contribution in [1.29, 1.82) is 0 Å². The summed E-state index contributed by atoms with van der Waals surface area (Å²) < 4.78 is 23.0. The van der Waals surface area contributed by atoms with Gasteiger partial charge in [-0.05, 0) is 56.3 Å². The van der Waals surface area contributed by atoms with Crippen LogP contribution in [0, 0.1) is 17.8 Å². The highest BCUT2D eigenvalue weighted by Crippen LogP contribution is 2.47. The molecule has 3 heterocycles. The average molecular weight is 344 g/mol. The average Bonchev–Trinajstić information content (AvgIpc) is 2.68. The van der Waals surface area contributed by atoms with E-state index in [4.69, 9.17) is 0 Å². The molecule has 2 aliphatic carbocycles. The van der Waals surface area contributed by atoms with E-state index in [9.17, 15) is 13.2 Å². The Hall–Kier alpha value is -0.230. The quantitative estimate of drug-likeness (QED) is 0.786. The van der Waals surface area contributed by atoms with Crippen LogP contribution in [0.1, 0.15) is 38.5 Å². The van der Waals surface area contributed by atoms with Crippen molar-refractivity contribution in [2.24, 2.45) is 17.8 Å². The lowest BCUT2D eigenvalue weighted by Gasteiger charge is -2.39. The monoisotopic (exact) mass is 343 g/mol. The van der Waals surface area contributed by atoms with Crippen molar-refractivity contribution in [2.75, 3.05) is 23.8 Å². The van der Waals surface area contributed by atoms with Crippen LogP contribution < -0.4 is 0 Å². The molecule has 22 heavy (non-hydrogen) atoms. The number of hydrogen-bond acceptors (Lipinski definition) is 4. The minimum absolute atomic E-state index is 0.133. The van der Waals surface area contributed by atoms with Crippen LogP contribution in [0.15, 0.2) is 0 Å². The Morgan fingerprint density at radius 2 is 1.73 bits per heavy atom. The van der Waals surface area contributed by atoms with E-state index in [0.29, 0.717) is 17.5 Å². The number of carbonyl (C=O) groups excluding carboxylic acids is 1. The third-order valence-corrected chi connectivity index (χ3v) is 9.33. The Morgan fingerprint density at radius 1 is 1.05 bits per heavy atom. The van der Waals surface area contributed by atoms with Gasteiger partial charge in [0.25, 0.3) is 0 Å². The van der Waals surface area contributed by atoms with Crippen molar-refractivity contribution in [2.45, 2.75) is 49.8 Å². The van der Waals surface area contributed by atoms with Crippen LogP contribution in [0.5, 0.6) is 0 Å². The zero-order chi connectivity index (χ0) is 15.3. The molecule has 0 aromatic heterocycles. The van der Waals surface area contributed by atoms with Gasteiger partial charge in [0.15, 0.2) is 9.84 Å². The largest absolute Gasteiger partial charge is 0.339 e. The van der Waals surface area contributed by atoms with Gasteiger partial charge in [-0.3, -0.25) is 4.79 Å². The lowest BCUT2D eigenvalue weighted by Crippen LogP contribution is -2.43. The molecule has 3 saturated heterocycles. The number of rotatable bonds is 3. The summed E-state index contributed by atoms with van der Waals surface area (Å²) >= 11 is 1.57. The molecule has 0 radical (unpaired) electrons. The first kappa shape index (κ1) is 15.3. The van der Waals surface area contributed by atoms with Gasteiger partial charge in [0, 0.05) is 17.8 Å². The molecule has 4 nitrogen and oxygen atoms in total. The molecule has 5 aliphatic rings. The first-order valence-electron chi connectivity index (χ1n) is 8.60. The topological polar surface area (TPSA) is 54.5 Å². The van der Waals surface area contributed by atoms with Gasteiger partial charge in [-0.15, -0.1) is 11.8 Å². The van der Waals surface area contributed by atoms with E-state index in [1.54, 1.807) is 11.8 Å². The maximum absolute atomic E-state index is 12.7. The van der Waals surface area contributed by atoms with E-state index < -0.39 is 9.84 Å². The van der Waals surface area contributed by atoms with E-state index in [-0.39, 0.29) is 16.9 Å². The Morgan fingerprint density at radius 3 is 2.36 bits per heavy atom. The Labute approximate surface area is 137 Å². The van der Waals surface area contributed by atoms with Crippen molar-refractivity contribution in [3.63, 3.8) is 0 Å². The molecule has 5 fully saturated rings. The number of amides is 1. The van der Waals surface area contributed by atoms with Gasteiger partial charge >= 0.3 is 0 Å². The molecule has 5 atom stereocenters. The zero-order valence-corrected chi connectivity index (χ0v) is 14.6. The highest BCUT2D eigenvalue weighted by molar-refractivity contribution is 8.02. The standard InChI is InChI=1S/C16H25NO3S2/c18-16(9-21-15-1-2-22(19,20)10-15)17-8-13-4-11-3-12(5-13)7-14(17)6-11/h11-15H,1-10H2/t11-,12+,13?,14?,15-/m0/s1. The van der Waals surface area contributed by atoms with Crippen LogP contribution in [0.4, 0.5) is 0 Å². The van der Waals surface area contributed by atoms with Crippen LogP contribution in [-0.4, -0.2) is 54.3 Å². The number of sulfone groups is 1. The Balaban J connectivity index is 1.36. The van der Waals surface area contributed by atoms with Crippen LogP contribution >= 0.6 is 11.8 Å². The fourth-order valence-electron chi connectivity index (χ4n) is 5.25. The summed E-state index contributed by atoms with van der Waals surface area (Å²) in [5.41, 5.74) is 0. The molecule has 0 aromatic rings. The van der Waals surface area contributed by atoms with E-state index in [0.717, 1.165) is 30.7 Å². The van der Waals surface area contributed by atoms with Crippen LogP contribution in [0.3, 0.4) is 0 Å². The molecule has 2 saturated carbocycles. The molecule has 124 valence electrons. The predicted molar refractivity (Wildman–Crippen MR) is 88.6 cm³/mol. The molecule has 0 N–H and O–H groups in total. The van der Waals surface area contributed by atoms with Crippen molar-refractivity contribution in [3.05, 3.63) is 0 Å². The molecule has 4 bridgehead atoms. The van der Waals surface area contributed by atoms with Gasteiger partial charge in [-0.25, -0.2) is 8.42 Å². The number of fused-ring (bicyclic) bond motifs is 1. The van der Waals surface area contributed by atoms with E-state index in [1.165, 1.54) is 32.1 Å². The molecule has 6 heteroatoms. The maximum atomic E-state index is 12.7. The SMILES string of the molecule is O=C(CS[C@H]1CCS(=O)(=O)C1)N1CC2C[C@@H]3CC1C[C@H](C2)C3. The van der Waals surface area contributed by atoms with Crippen LogP contribution in [0.25, 0.3) is 0 Å². The molecular formula is C16H25NO3S2. The van der Waals surface area contributed by atoms with Gasteiger partial charge in [0.1, 0.15) is 0 Å². The second-order valence-electron chi connectivity index (χ2n) is 7.81. The Bertz CT molecular complexity index is 548. The highest BCUT2D eigenvalue weighted by atomic mass is 32.2. The van der Waals surface area contributed by atoms with Crippen molar-refractivity contribution in [3.8, 4) is 0 Å². The molecule has 1 amide bonds. The van der Waals surface area contributed by atoms with E-state index in [2.05, 4.69) is 4.90 Å². The van der Waals surface area contributed by atoms with Crippen molar-refractivity contribution >= 4 is 27.5 Å². The summed E-state index contributed by atoms with van der Waals surface area (Å²) in [5, 5.41) is 0.133. The third kappa shape index (κ3) is 3.05. The molecular weight excluding hydrogens is 318 g/mol. The second-order valence-corrected chi connectivity index (χ2v) is 11.3. The van der Waals surface area contributed by atoms with E-state index in [1.807, 2.05) is 0 Å². The molecule has 2 unspecified atom stereocenters. The van der Waals surface area contributed by atoms with E-state index >= 15 is 0 Å². The van der Waals surface area contributed by atoms with Gasteiger partial charge in [0.2, 0.25) is 5.91 Å². The molecule has 0 aromatic carbocycles. The molecule has 3 aliphatic heterocycles. The summed E-state index contributed by atoms with van der Waals surface area (Å²) in [6.45, 7) is 0.958. The van der Waals surface area contributed by atoms with Gasteiger partial charge in [-0.1, -0.05) is 0 Å². The Kier molecular flexibility index (Phi) is 3.96. The lowest BCUT2D eigenvalue weighted by molar-refractivity contribution is -0.131. The lowest BCUT2D eigenvalue weighted by atomic mass is 9.68. The zero-order valence-electron chi connectivity index (χ0n) is 12.9. The fourth-order valence-corrected chi connectivity index (χ4v) is 8.78. The minimum Gasteiger partial charge on any atom is -0.339 e. The first-order chi connectivity index (χ1) is 10.5. The predicted octanol–water partition coefficient (Wildman–Crippen LogP) is 1.94. The normalized spacial score (nSPS) is 42.5. The first-order valence-corrected chi connectivity index (χ1v) is 11.5. The molecule has 0 spiro atoms. The highest BCUT2D eigenvalue weighted by Gasteiger charge is 2.44. The summed E-state index contributed by atoms with van der Waals surface area (Å²) in [4.78, 5) is 14.9. The second kappa shape index (κ2) is 5.69. The number of hydrogen-bond donors (Lipinski definition) is 0. The third-order valence-electron chi connectivity index (χ3n) is 6.06. The minimum atomic E-state index is -2.84. The van der Waals surface area contributed by atoms with Gasteiger partial charge in [0.05, 0.1) is 17.3 Å².